The summed E-state index contributed by atoms with van der Waals surface area (Å²) >= 11 is 0. The van der Waals surface area contributed by atoms with Crippen LogP contribution in [0.4, 0.5) is 0 Å². The Morgan fingerprint density at radius 2 is 1.79 bits per heavy atom. The predicted octanol–water partition coefficient (Wildman–Crippen LogP) is 6.37. The van der Waals surface area contributed by atoms with Gasteiger partial charge >= 0.3 is 0 Å². The fourth-order valence-electron chi connectivity index (χ4n) is 4.33. The SMILES string of the molecule is CCC(C)(C1=CCC1)C1CCC(C)CCCC(C)C1. The highest BCUT2D eigenvalue weighted by atomic mass is 14.4. The van der Waals surface area contributed by atoms with E-state index in [9.17, 15) is 0 Å². The van der Waals surface area contributed by atoms with Crippen molar-refractivity contribution in [2.45, 2.75) is 85.5 Å². The van der Waals surface area contributed by atoms with Gasteiger partial charge in [0.25, 0.3) is 0 Å². The molecule has 0 nitrogen and oxygen atoms in total. The minimum Gasteiger partial charge on any atom is -0.0844 e. The van der Waals surface area contributed by atoms with E-state index in [0.29, 0.717) is 5.41 Å². The van der Waals surface area contributed by atoms with Crippen molar-refractivity contribution in [3.63, 3.8) is 0 Å². The van der Waals surface area contributed by atoms with Crippen molar-refractivity contribution in [1.29, 1.82) is 0 Å². The molecule has 4 unspecified atom stereocenters. The minimum absolute atomic E-state index is 0.510. The third-order valence-corrected chi connectivity index (χ3v) is 6.26. The van der Waals surface area contributed by atoms with E-state index >= 15 is 0 Å². The lowest BCUT2D eigenvalue weighted by Crippen LogP contribution is -2.32. The van der Waals surface area contributed by atoms with Crippen LogP contribution < -0.4 is 0 Å². The molecule has 0 heteroatoms. The van der Waals surface area contributed by atoms with Gasteiger partial charge in [0.2, 0.25) is 0 Å². The molecule has 0 bridgehead atoms. The average Bonchev–Trinajstić information content (AvgIpc) is 2.38. The molecule has 0 spiro atoms. The first-order valence-corrected chi connectivity index (χ1v) is 8.75. The minimum atomic E-state index is 0.510. The lowest BCUT2D eigenvalue weighted by molar-refractivity contribution is 0.162. The Kier molecular flexibility index (Phi) is 5.15. The number of rotatable bonds is 3. The van der Waals surface area contributed by atoms with E-state index in [2.05, 4.69) is 33.8 Å². The molecule has 0 radical (unpaired) electrons. The highest BCUT2D eigenvalue weighted by Gasteiger charge is 2.38. The lowest BCUT2D eigenvalue weighted by Gasteiger charge is -2.43. The Morgan fingerprint density at radius 1 is 1.11 bits per heavy atom. The van der Waals surface area contributed by atoms with Gasteiger partial charge in [-0.2, -0.15) is 0 Å². The van der Waals surface area contributed by atoms with Gasteiger partial charge in [0.05, 0.1) is 0 Å². The van der Waals surface area contributed by atoms with Crippen molar-refractivity contribution in [2.24, 2.45) is 23.2 Å². The molecule has 0 saturated heterocycles. The van der Waals surface area contributed by atoms with Crippen LogP contribution in [0.2, 0.25) is 0 Å². The standard InChI is InChI=1S/C19H34/c1-5-19(4,17-10-7-11-17)18-13-12-15(2)8-6-9-16(3)14-18/h10,15-16,18H,5-9,11-14H2,1-4H3. The summed E-state index contributed by atoms with van der Waals surface area (Å²) in [6.07, 6.45) is 15.4. The highest BCUT2D eigenvalue weighted by molar-refractivity contribution is 5.22. The van der Waals surface area contributed by atoms with Gasteiger partial charge in [0.1, 0.15) is 0 Å². The van der Waals surface area contributed by atoms with Gasteiger partial charge in [-0.25, -0.2) is 0 Å². The second kappa shape index (κ2) is 6.46. The fraction of sp³-hybridized carbons (Fsp3) is 0.895. The summed E-state index contributed by atoms with van der Waals surface area (Å²) in [5.41, 5.74) is 2.30. The molecule has 0 N–H and O–H groups in total. The molecule has 1 saturated carbocycles. The smallest absolute Gasteiger partial charge is 0.00906 e. The summed E-state index contributed by atoms with van der Waals surface area (Å²) in [4.78, 5) is 0. The molecule has 2 aliphatic carbocycles. The lowest BCUT2D eigenvalue weighted by atomic mass is 9.62. The van der Waals surface area contributed by atoms with E-state index in [4.69, 9.17) is 0 Å². The Bertz CT molecular complexity index is 314. The van der Waals surface area contributed by atoms with Crippen LogP contribution in [0.1, 0.15) is 85.5 Å². The van der Waals surface area contributed by atoms with Crippen molar-refractivity contribution in [2.75, 3.05) is 0 Å². The first kappa shape index (κ1) is 15.1. The van der Waals surface area contributed by atoms with Crippen LogP contribution in [0.25, 0.3) is 0 Å². The van der Waals surface area contributed by atoms with Gasteiger partial charge in [0, 0.05) is 0 Å². The Morgan fingerprint density at radius 3 is 2.37 bits per heavy atom. The van der Waals surface area contributed by atoms with Crippen molar-refractivity contribution in [3.05, 3.63) is 11.6 Å². The zero-order valence-electron chi connectivity index (χ0n) is 13.7. The zero-order valence-corrected chi connectivity index (χ0v) is 13.7. The molecule has 2 rings (SSSR count). The molecule has 2 aliphatic rings. The summed E-state index contributed by atoms with van der Waals surface area (Å²) in [7, 11) is 0. The van der Waals surface area contributed by atoms with Crippen molar-refractivity contribution < 1.29 is 0 Å². The molecule has 4 atom stereocenters. The highest BCUT2D eigenvalue weighted by Crippen LogP contribution is 2.49. The monoisotopic (exact) mass is 262 g/mol. The molecule has 0 heterocycles. The fourth-order valence-corrected chi connectivity index (χ4v) is 4.33. The summed E-state index contributed by atoms with van der Waals surface area (Å²) < 4.78 is 0. The average molecular weight is 262 g/mol. The van der Waals surface area contributed by atoms with Crippen LogP contribution in [0, 0.1) is 23.2 Å². The summed E-state index contributed by atoms with van der Waals surface area (Å²) in [6, 6.07) is 0. The van der Waals surface area contributed by atoms with E-state index < -0.39 is 0 Å². The second-order valence-electron chi connectivity index (χ2n) is 7.69. The van der Waals surface area contributed by atoms with Crippen molar-refractivity contribution in [1.82, 2.24) is 0 Å². The maximum atomic E-state index is 2.57. The van der Waals surface area contributed by atoms with Crippen LogP contribution in [0.3, 0.4) is 0 Å². The van der Waals surface area contributed by atoms with Crippen LogP contribution >= 0.6 is 0 Å². The Labute approximate surface area is 121 Å². The van der Waals surface area contributed by atoms with E-state index in [1.165, 1.54) is 57.8 Å². The molecule has 0 aliphatic heterocycles. The molecular weight excluding hydrogens is 228 g/mol. The number of hydrogen-bond donors (Lipinski definition) is 0. The molecule has 19 heavy (non-hydrogen) atoms. The molecular formula is C19H34. The molecule has 110 valence electrons. The van der Waals surface area contributed by atoms with Gasteiger partial charge in [0.15, 0.2) is 0 Å². The van der Waals surface area contributed by atoms with Gasteiger partial charge in [-0.1, -0.05) is 65.0 Å². The number of hydrogen-bond acceptors (Lipinski definition) is 0. The third-order valence-electron chi connectivity index (χ3n) is 6.26. The largest absolute Gasteiger partial charge is 0.0844 e. The zero-order chi connectivity index (χ0) is 13.9. The van der Waals surface area contributed by atoms with Gasteiger partial charge in [-0.3, -0.25) is 0 Å². The van der Waals surface area contributed by atoms with Crippen LogP contribution in [-0.4, -0.2) is 0 Å². The first-order valence-electron chi connectivity index (χ1n) is 8.75. The normalized spacial score (nSPS) is 36.2. The van der Waals surface area contributed by atoms with E-state index in [0.717, 1.165) is 17.8 Å². The molecule has 0 aromatic rings. The second-order valence-corrected chi connectivity index (χ2v) is 7.69. The molecule has 0 amide bonds. The van der Waals surface area contributed by atoms with Crippen LogP contribution in [0.5, 0.6) is 0 Å². The van der Waals surface area contributed by atoms with E-state index in [-0.39, 0.29) is 0 Å². The molecule has 0 aromatic carbocycles. The van der Waals surface area contributed by atoms with E-state index in [1.54, 1.807) is 5.57 Å². The van der Waals surface area contributed by atoms with E-state index in [1.807, 2.05) is 0 Å². The maximum Gasteiger partial charge on any atom is -0.00906 e. The van der Waals surface area contributed by atoms with Crippen LogP contribution in [-0.2, 0) is 0 Å². The Balaban J connectivity index is 2.13. The van der Waals surface area contributed by atoms with Crippen LogP contribution in [0.15, 0.2) is 11.6 Å². The van der Waals surface area contributed by atoms with Gasteiger partial charge in [-0.15, -0.1) is 0 Å². The van der Waals surface area contributed by atoms with Gasteiger partial charge < -0.3 is 0 Å². The Hall–Kier alpha value is -0.260. The molecule has 1 fully saturated rings. The van der Waals surface area contributed by atoms with Crippen molar-refractivity contribution >= 4 is 0 Å². The van der Waals surface area contributed by atoms with Gasteiger partial charge in [-0.05, 0) is 55.3 Å². The topological polar surface area (TPSA) is 0 Å². The summed E-state index contributed by atoms with van der Waals surface area (Å²) in [5.74, 6) is 2.81. The molecule has 0 aromatic heterocycles. The third kappa shape index (κ3) is 3.44. The van der Waals surface area contributed by atoms with Crippen molar-refractivity contribution in [3.8, 4) is 0 Å². The maximum absolute atomic E-state index is 2.57. The predicted molar refractivity (Wildman–Crippen MR) is 85.2 cm³/mol. The number of allylic oxidation sites excluding steroid dienone is 2. The summed E-state index contributed by atoms with van der Waals surface area (Å²) in [6.45, 7) is 9.95. The summed E-state index contributed by atoms with van der Waals surface area (Å²) in [5, 5.41) is 0. The quantitative estimate of drug-likeness (QED) is 0.519. The first-order chi connectivity index (χ1) is 9.06.